The van der Waals surface area contributed by atoms with Crippen molar-refractivity contribution in [3.05, 3.63) is 12.2 Å². The van der Waals surface area contributed by atoms with E-state index >= 15 is 0 Å². The number of aliphatic carboxylic acids is 1. The molecule has 0 saturated heterocycles. The maximum Gasteiger partial charge on any atom is 0.303 e. The van der Waals surface area contributed by atoms with Crippen LogP contribution in [-0.2, 0) is 17.8 Å². The fraction of sp³-hybridized carbons (Fsp3) is 0.625. The van der Waals surface area contributed by atoms with Crippen molar-refractivity contribution >= 4 is 5.97 Å². The molecule has 1 aliphatic heterocycles. The SMILES string of the molecule is O=C(O)CC1CCc2nncn2C1. The minimum Gasteiger partial charge on any atom is -0.481 e. The highest BCUT2D eigenvalue weighted by atomic mass is 16.4. The average molecular weight is 181 g/mol. The Balaban J connectivity index is 2.04. The molecule has 5 nitrogen and oxygen atoms in total. The molecule has 1 aromatic heterocycles. The van der Waals surface area contributed by atoms with E-state index in [9.17, 15) is 4.79 Å². The van der Waals surface area contributed by atoms with Crippen molar-refractivity contribution in [1.82, 2.24) is 14.8 Å². The minimum absolute atomic E-state index is 0.237. The van der Waals surface area contributed by atoms with E-state index in [0.29, 0.717) is 0 Å². The predicted molar refractivity (Wildman–Crippen MR) is 44.1 cm³/mol. The second kappa shape index (κ2) is 3.16. The molecule has 0 spiro atoms. The van der Waals surface area contributed by atoms with Crippen LogP contribution in [0.1, 0.15) is 18.7 Å². The summed E-state index contributed by atoms with van der Waals surface area (Å²) in [5, 5.41) is 16.3. The van der Waals surface area contributed by atoms with Gasteiger partial charge in [0.15, 0.2) is 0 Å². The van der Waals surface area contributed by atoms with E-state index in [0.717, 1.165) is 25.2 Å². The molecule has 70 valence electrons. The van der Waals surface area contributed by atoms with Crippen molar-refractivity contribution in [3.8, 4) is 0 Å². The van der Waals surface area contributed by atoms with Crippen LogP contribution < -0.4 is 0 Å². The molecular formula is C8H11N3O2. The summed E-state index contributed by atoms with van der Waals surface area (Å²) >= 11 is 0. The number of carbonyl (C=O) groups is 1. The van der Waals surface area contributed by atoms with Crippen molar-refractivity contribution in [1.29, 1.82) is 0 Å². The number of fused-ring (bicyclic) bond motifs is 1. The van der Waals surface area contributed by atoms with Crippen LogP contribution in [0, 0.1) is 5.92 Å². The Kier molecular flexibility index (Phi) is 2.00. The first-order valence-corrected chi connectivity index (χ1v) is 4.34. The summed E-state index contributed by atoms with van der Waals surface area (Å²) in [5.41, 5.74) is 0. The Hall–Kier alpha value is -1.39. The summed E-state index contributed by atoms with van der Waals surface area (Å²) < 4.78 is 1.94. The third-order valence-corrected chi connectivity index (χ3v) is 2.39. The molecule has 1 N–H and O–H groups in total. The molecule has 1 atom stereocenters. The number of nitrogens with zero attached hydrogens (tertiary/aromatic N) is 3. The second-order valence-corrected chi connectivity index (χ2v) is 3.40. The first-order valence-electron chi connectivity index (χ1n) is 4.34. The molecule has 2 heterocycles. The van der Waals surface area contributed by atoms with E-state index in [-0.39, 0.29) is 12.3 Å². The zero-order valence-electron chi connectivity index (χ0n) is 7.18. The number of aromatic nitrogens is 3. The zero-order chi connectivity index (χ0) is 9.26. The predicted octanol–water partition coefficient (Wildman–Crippen LogP) is 0.315. The lowest BCUT2D eigenvalue weighted by atomic mass is 9.96. The monoisotopic (exact) mass is 181 g/mol. The Labute approximate surface area is 75.4 Å². The quantitative estimate of drug-likeness (QED) is 0.713. The average Bonchev–Trinajstić information content (AvgIpc) is 2.49. The molecule has 1 aromatic rings. The molecule has 1 aliphatic rings. The van der Waals surface area contributed by atoms with E-state index in [1.54, 1.807) is 6.33 Å². The summed E-state index contributed by atoms with van der Waals surface area (Å²) in [6.45, 7) is 0.745. The van der Waals surface area contributed by atoms with Crippen LogP contribution in [-0.4, -0.2) is 25.8 Å². The van der Waals surface area contributed by atoms with Crippen molar-refractivity contribution in [3.63, 3.8) is 0 Å². The van der Waals surface area contributed by atoms with Gasteiger partial charge in [0.2, 0.25) is 0 Å². The molecule has 2 rings (SSSR count). The summed E-state index contributed by atoms with van der Waals surface area (Å²) in [6, 6.07) is 0. The number of hydrogen-bond donors (Lipinski definition) is 1. The summed E-state index contributed by atoms with van der Waals surface area (Å²) in [7, 11) is 0. The van der Waals surface area contributed by atoms with E-state index in [4.69, 9.17) is 5.11 Å². The Morgan fingerprint density at radius 3 is 3.38 bits per heavy atom. The van der Waals surface area contributed by atoms with Gasteiger partial charge in [0.05, 0.1) is 0 Å². The molecule has 5 heteroatoms. The fourth-order valence-corrected chi connectivity index (χ4v) is 1.74. The van der Waals surface area contributed by atoms with E-state index in [1.165, 1.54) is 0 Å². The van der Waals surface area contributed by atoms with Crippen molar-refractivity contribution in [2.24, 2.45) is 5.92 Å². The summed E-state index contributed by atoms with van der Waals surface area (Å²) in [6.07, 6.45) is 3.67. The van der Waals surface area contributed by atoms with Crippen LogP contribution in [0.15, 0.2) is 6.33 Å². The highest BCUT2D eigenvalue weighted by molar-refractivity contribution is 5.67. The number of rotatable bonds is 2. The summed E-state index contributed by atoms with van der Waals surface area (Å²) in [5.74, 6) is 0.490. The van der Waals surface area contributed by atoms with Crippen LogP contribution >= 0.6 is 0 Å². The lowest BCUT2D eigenvalue weighted by Crippen LogP contribution is -2.22. The van der Waals surface area contributed by atoms with Crippen molar-refractivity contribution in [2.45, 2.75) is 25.8 Å². The zero-order valence-corrected chi connectivity index (χ0v) is 7.18. The van der Waals surface area contributed by atoms with Gasteiger partial charge in [0.25, 0.3) is 0 Å². The van der Waals surface area contributed by atoms with Crippen LogP contribution in [0.4, 0.5) is 0 Å². The van der Waals surface area contributed by atoms with Gasteiger partial charge in [-0.3, -0.25) is 4.79 Å². The number of aryl methyl sites for hydroxylation is 1. The van der Waals surface area contributed by atoms with Crippen LogP contribution in [0.5, 0.6) is 0 Å². The van der Waals surface area contributed by atoms with E-state index in [2.05, 4.69) is 10.2 Å². The Morgan fingerprint density at radius 2 is 2.62 bits per heavy atom. The number of hydrogen-bond acceptors (Lipinski definition) is 3. The number of carboxylic acid groups (broad SMARTS) is 1. The van der Waals surface area contributed by atoms with Crippen LogP contribution in [0.2, 0.25) is 0 Å². The Morgan fingerprint density at radius 1 is 1.77 bits per heavy atom. The molecule has 0 amide bonds. The summed E-state index contributed by atoms with van der Waals surface area (Å²) in [4.78, 5) is 10.5. The van der Waals surface area contributed by atoms with Gasteiger partial charge in [0, 0.05) is 19.4 Å². The molecule has 0 aromatic carbocycles. The van der Waals surface area contributed by atoms with Gasteiger partial charge in [-0.05, 0) is 12.3 Å². The topological polar surface area (TPSA) is 68.0 Å². The second-order valence-electron chi connectivity index (χ2n) is 3.40. The smallest absolute Gasteiger partial charge is 0.303 e. The van der Waals surface area contributed by atoms with Gasteiger partial charge in [0.1, 0.15) is 12.2 Å². The fourth-order valence-electron chi connectivity index (χ4n) is 1.74. The number of carboxylic acids is 1. The first-order chi connectivity index (χ1) is 6.25. The molecule has 13 heavy (non-hydrogen) atoms. The maximum absolute atomic E-state index is 10.5. The molecule has 0 saturated carbocycles. The van der Waals surface area contributed by atoms with Crippen LogP contribution in [0.3, 0.4) is 0 Å². The Bertz CT molecular complexity index is 321. The van der Waals surface area contributed by atoms with Crippen molar-refractivity contribution in [2.75, 3.05) is 0 Å². The van der Waals surface area contributed by atoms with Gasteiger partial charge < -0.3 is 9.67 Å². The highest BCUT2D eigenvalue weighted by Gasteiger charge is 2.21. The van der Waals surface area contributed by atoms with Gasteiger partial charge in [-0.1, -0.05) is 0 Å². The van der Waals surface area contributed by atoms with Gasteiger partial charge in [-0.25, -0.2) is 0 Å². The highest BCUT2D eigenvalue weighted by Crippen LogP contribution is 2.20. The lowest BCUT2D eigenvalue weighted by Gasteiger charge is -2.21. The minimum atomic E-state index is -0.721. The van der Waals surface area contributed by atoms with Gasteiger partial charge in [-0.2, -0.15) is 0 Å². The lowest BCUT2D eigenvalue weighted by molar-refractivity contribution is -0.138. The van der Waals surface area contributed by atoms with Gasteiger partial charge in [-0.15, -0.1) is 10.2 Å². The maximum atomic E-state index is 10.5. The van der Waals surface area contributed by atoms with E-state index < -0.39 is 5.97 Å². The van der Waals surface area contributed by atoms with Gasteiger partial charge >= 0.3 is 5.97 Å². The molecule has 0 aliphatic carbocycles. The third-order valence-electron chi connectivity index (χ3n) is 2.39. The van der Waals surface area contributed by atoms with E-state index in [1.807, 2.05) is 4.57 Å². The standard InChI is InChI=1S/C8H11N3O2/c12-8(13)3-6-1-2-7-10-9-5-11(7)4-6/h5-6H,1-4H2,(H,12,13). The largest absolute Gasteiger partial charge is 0.481 e. The molecular weight excluding hydrogens is 170 g/mol. The normalized spacial score (nSPS) is 21.1. The molecule has 0 fully saturated rings. The molecule has 0 radical (unpaired) electrons. The van der Waals surface area contributed by atoms with Crippen LogP contribution in [0.25, 0.3) is 0 Å². The molecule has 0 bridgehead atoms. The first kappa shape index (κ1) is 8.22. The van der Waals surface area contributed by atoms with Crippen molar-refractivity contribution < 1.29 is 9.90 Å². The molecule has 1 unspecified atom stereocenters. The third kappa shape index (κ3) is 1.68.